The third-order valence-corrected chi connectivity index (χ3v) is 5.39. The van der Waals surface area contributed by atoms with E-state index in [1.54, 1.807) is 10.9 Å². The maximum absolute atomic E-state index is 12.9. The highest BCUT2D eigenvalue weighted by molar-refractivity contribution is 7.07. The molecule has 0 spiro atoms. The number of nitriles is 1. The number of hydrogen-bond acceptors (Lipinski definition) is 4. The third-order valence-electron chi connectivity index (χ3n) is 4.80. The lowest BCUT2D eigenvalue weighted by Crippen LogP contribution is -2.37. The summed E-state index contributed by atoms with van der Waals surface area (Å²) in [5, 5.41) is 11.2. The van der Waals surface area contributed by atoms with Crippen LogP contribution < -0.4 is 0 Å². The molecule has 4 rings (SSSR count). The maximum atomic E-state index is 12.9. The Kier molecular flexibility index (Phi) is 4.82. The molecular formula is C22H17N3OS. The second-order valence-corrected chi connectivity index (χ2v) is 7.14. The molecule has 1 amide bonds. The van der Waals surface area contributed by atoms with Gasteiger partial charge in [0.05, 0.1) is 16.8 Å². The van der Waals surface area contributed by atoms with Gasteiger partial charge in [-0.1, -0.05) is 54.6 Å². The first-order chi connectivity index (χ1) is 13.3. The molecular weight excluding hydrogens is 354 g/mol. The van der Waals surface area contributed by atoms with Gasteiger partial charge >= 0.3 is 0 Å². The van der Waals surface area contributed by atoms with Crippen LogP contribution in [-0.4, -0.2) is 22.3 Å². The fourth-order valence-electron chi connectivity index (χ4n) is 3.47. The first-order valence-electron chi connectivity index (χ1n) is 8.68. The number of allylic oxidation sites excluding steroid dienone is 1. The van der Waals surface area contributed by atoms with Gasteiger partial charge in [-0.15, -0.1) is 11.3 Å². The zero-order chi connectivity index (χ0) is 18.6. The summed E-state index contributed by atoms with van der Waals surface area (Å²) in [6, 6.07) is 20.6. The molecule has 4 nitrogen and oxygen atoms in total. The second-order valence-electron chi connectivity index (χ2n) is 6.42. The van der Waals surface area contributed by atoms with Crippen molar-refractivity contribution in [2.24, 2.45) is 0 Å². The van der Waals surface area contributed by atoms with Crippen LogP contribution in [0.4, 0.5) is 0 Å². The van der Waals surface area contributed by atoms with Gasteiger partial charge in [0.2, 0.25) is 5.91 Å². The number of carbonyl (C=O) groups excluding carboxylic acids is 1. The van der Waals surface area contributed by atoms with Crippen LogP contribution in [0.5, 0.6) is 0 Å². The van der Waals surface area contributed by atoms with E-state index in [0.717, 1.165) is 5.56 Å². The predicted octanol–water partition coefficient (Wildman–Crippen LogP) is 4.22. The Hall–Kier alpha value is -3.23. The zero-order valence-electron chi connectivity index (χ0n) is 14.6. The topological polar surface area (TPSA) is 57.0 Å². The molecule has 0 unspecified atom stereocenters. The predicted molar refractivity (Wildman–Crippen MR) is 106 cm³/mol. The van der Waals surface area contributed by atoms with E-state index in [1.807, 2.05) is 35.2 Å². The van der Waals surface area contributed by atoms with Gasteiger partial charge in [-0.05, 0) is 16.7 Å². The Morgan fingerprint density at radius 1 is 1.19 bits per heavy atom. The second kappa shape index (κ2) is 7.56. The molecule has 0 N–H and O–H groups in total. The van der Waals surface area contributed by atoms with Gasteiger partial charge in [-0.25, -0.2) is 4.98 Å². The number of nitrogens with zero attached hydrogens (tertiary/aromatic N) is 3. The number of fused-ring (bicyclic) bond motifs is 1. The summed E-state index contributed by atoms with van der Waals surface area (Å²) < 4.78 is 0. The van der Waals surface area contributed by atoms with Gasteiger partial charge in [-0.3, -0.25) is 4.79 Å². The van der Waals surface area contributed by atoms with Crippen molar-refractivity contribution >= 4 is 22.8 Å². The van der Waals surface area contributed by atoms with E-state index in [0.29, 0.717) is 24.4 Å². The first-order valence-corrected chi connectivity index (χ1v) is 9.62. The van der Waals surface area contributed by atoms with Crippen molar-refractivity contribution in [3.05, 3.63) is 93.9 Å². The monoisotopic (exact) mass is 371 g/mol. The fraction of sp³-hybridized carbons (Fsp3) is 0.136. The lowest BCUT2D eigenvalue weighted by molar-refractivity contribution is -0.127. The Morgan fingerprint density at radius 2 is 1.96 bits per heavy atom. The molecule has 0 aliphatic carbocycles. The molecule has 132 valence electrons. The standard InChI is InChI=1S/C22H17N3OS/c23-11-18(21-14-27-15-24-21)10-22(26)25-12-17-8-4-5-9-19(17)20(13-25)16-6-2-1-3-7-16/h1-10,14-15,20H,12-13H2/b18-10-/t20-/m0/s1. The van der Waals surface area contributed by atoms with E-state index in [4.69, 9.17) is 0 Å². The van der Waals surface area contributed by atoms with Crippen molar-refractivity contribution in [1.29, 1.82) is 5.26 Å². The average Bonchev–Trinajstić information content (AvgIpc) is 3.26. The van der Waals surface area contributed by atoms with Crippen LogP contribution in [-0.2, 0) is 11.3 Å². The van der Waals surface area contributed by atoms with E-state index < -0.39 is 0 Å². The van der Waals surface area contributed by atoms with Crippen LogP contribution in [0, 0.1) is 11.3 Å². The lowest BCUT2D eigenvalue weighted by Gasteiger charge is -2.34. The highest BCUT2D eigenvalue weighted by atomic mass is 32.1. The molecule has 3 aromatic rings. The van der Waals surface area contributed by atoms with Gasteiger partial charge in [0.1, 0.15) is 6.07 Å². The number of benzene rings is 2. The zero-order valence-corrected chi connectivity index (χ0v) is 15.4. The minimum absolute atomic E-state index is 0.123. The quantitative estimate of drug-likeness (QED) is 0.511. The molecule has 0 radical (unpaired) electrons. The number of aromatic nitrogens is 1. The SMILES string of the molecule is N#C/C(=C/C(=O)N1Cc2ccccc2[C@H](c2ccccc2)C1)c1cscn1. The van der Waals surface area contributed by atoms with Crippen molar-refractivity contribution in [2.75, 3.05) is 6.54 Å². The van der Waals surface area contributed by atoms with Gasteiger partial charge in [0, 0.05) is 30.5 Å². The Morgan fingerprint density at radius 3 is 2.70 bits per heavy atom. The Bertz CT molecular complexity index is 1020. The Labute approximate surface area is 162 Å². The molecule has 0 bridgehead atoms. The molecule has 1 atom stereocenters. The summed E-state index contributed by atoms with van der Waals surface area (Å²) in [5.41, 5.74) is 6.10. The summed E-state index contributed by atoms with van der Waals surface area (Å²) in [6.45, 7) is 1.14. The maximum Gasteiger partial charge on any atom is 0.248 e. The molecule has 1 aliphatic rings. The summed E-state index contributed by atoms with van der Waals surface area (Å²) in [5.74, 6) is -0.0340. The van der Waals surface area contributed by atoms with E-state index in [1.165, 1.54) is 28.5 Å². The van der Waals surface area contributed by atoms with Crippen LogP contribution in [0.2, 0.25) is 0 Å². The minimum atomic E-state index is -0.157. The van der Waals surface area contributed by atoms with E-state index in [9.17, 15) is 10.1 Å². The van der Waals surface area contributed by atoms with E-state index in [-0.39, 0.29) is 11.8 Å². The van der Waals surface area contributed by atoms with Crippen molar-refractivity contribution in [3.8, 4) is 6.07 Å². The molecule has 2 aromatic carbocycles. The van der Waals surface area contributed by atoms with Crippen LogP contribution in [0.1, 0.15) is 28.3 Å². The molecule has 1 aliphatic heterocycles. The van der Waals surface area contributed by atoms with Crippen molar-refractivity contribution < 1.29 is 4.79 Å². The first kappa shape index (κ1) is 17.2. The number of carbonyl (C=O) groups is 1. The molecule has 5 heteroatoms. The lowest BCUT2D eigenvalue weighted by atomic mass is 9.84. The summed E-state index contributed by atoms with van der Waals surface area (Å²) in [4.78, 5) is 18.9. The number of amides is 1. The Balaban J connectivity index is 1.67. The summed E-state index contributed by atoms with van der Waals surface area (Å²) in [7, 11) is 0. The van der Waals surface area contributed by atoms with E-state index in [2.05, 4.69) is 35.3 Å². The highest BCUT2D eigenvalue weighted by Gasteiger charge is 2.28. The van der Waals surface area contributed by atoms with Crippen LogP contribution in [0.15, 0.2) is 71.6 Å². The van der Waals surface area contributed by atoms with Gasteiger partial charge in [0.25, 0.3) is 0 Å². The van der Waals surface area contributed by atoms with E-state index >= 15 is 0 Å². The molecule has 0 saturated carbocycles. The van der Waals surface area contributed by atoms with Crippen LogP contribution in [0.3, 0.4) is 0 Å². The third kappa shape index (κ3) is 3.53. The van der Waals surface area contributed by atoms with Crippen LogP contribution >= 0.6 is 11.3 Å². The largest absolute Gasteiger partial charge is 0.334 e. The summed E-state index contributed by atoms with van der Waals surface area (Å²) in [6.07, 6.45) is 1.41. The highest BCUT2D eigenvalue weighted by Crippen LogP contribution is 2.33. The number of thiazole rings is 1. The van der Waals surface area contributed by atoms with Crippen molar-refractivity contribution in [3.63, 3.8) is 0 Å². The molecule has 2 heterocycles. The van der Waals surface area contributed by atoms with Crippen molar-refractivity contribution in [1.82, 2.24) is 9.88 Å². The number of rotatable bonds is 3. The molecule has 27 heavy (non-hydrogen) atoms. The fourth-order valence-corrected chi connectivity index (χ4v) is 4.02. The molecule has 0 fully saturated rings. The number of hydrogen-bond donors (Lipinski definition) is 0. The normalized spacial score (nSPS) is 16.5. The van der Waals surface area contributed by atoms with Crippen molar-refractivity contribution in [2.45, 2.75) is 12.5 Å². The van der Waals surface area contributed by atoms with Gasteiger partial charge < -0.3 is 4.90 Å². The molecule has 0 saturated heterocycles. The molecule has 1 aromatic heterocycles. The smallest absolute Gasteiger partial charge is 0.248 e. The van der Waals surface area contributed by atoms with Gasteiger partial charge in [-0.2, -0.15) is 5.26 Å². The van der Waals surface area contributed by atoms with Gasteiger partial charge in [0.15, 0.2) is 0 Å². The summed E-state index contributed by atoms with van der Waals surface area (Å²) >= 11 is 1.41. The minimum Gasteiger partial charge on any atom is -0.334 e. The van der Waals surface area contributed by atoms with Crippen LogP contribution in [0.25, 0.3) is 5.57 Å². The average molecular weight is 371 g/mol.